The van der Waals surface area contributed by atoms with Gasteiger partial charge in [-0.2, -0.15) is 12.6 Å². The van der Waals surface area contributed by atoms with E-state index in [9.17, 15) is 19.5 Å². The van der Waals surface area contributed by atoms with E-state index >= 15 is 0 Å². The highest BCUT2D eigenvalue weighted by Gasteiger charge is 2.36. The number of aryl methyl sites for hydroxylation is 2. The van der Waals surface area contributed by atoms with Crippen LogP contribution in [0.1, 0.15) is 50.4 Å². The molecule has 0 saturated heterocycles. The van der Waals surface area contributed by atoms with Crippen molar-refractivity contribution in [1.29, 1.82) is 0 Å². The van der Waals surface area contributed by atoms with Crippen molar-refractivity contribution >= 4 is 47.8 Å². The Kier molecular flexibility index (Phi) is 11.3. The number of anilines is 1. The van der Waals surface area contributed by atoms with Gasteiger partial charge in [-0.15, -0.1) is 0 Å². The van der Waals surface area contributed by atoms with Crippen LogP contribution in [0.4, 0.5) is 10.5 Å². The molecule has 0 radical (unpaired) electrons. The van der Waals surface area contributed by atoms with Gasteiger partial charge in [0, 0.05) is 12.3 Å². The zero-order valence-electron chi connectivity index (χ0n) is 21.9. The van der Waals surface area contributed by atoms with Crippen molar-refractivity contribution in [3.63, 3.8) is 0 Å². The maximum atomic E-state index is 13.7. The molecule has 0 heterocycles. The van der Waals surface area contributed by atoms with Gasteiger partial charge in [-0.05, 0) is 56.9 Å². The summed E-state index contributed by atoms with van der Waals surface area (Å²) in [6.45, 7) is 8.39. The Hall–Kier alpha value is -2.75. The van der Waals surface area contributed by atoms with Crippen LogP contribution in [0.2, 0.25) is 5.02 Å². The first-order valence-electron chi connectivity index (χ1n) is 12.1. The number of nitrogens with one attached hydrogen (secondary N) is 2. The molecule has 8 nitrogen and oxygen atoms in total. The molecular formula is C27H36ClN3O5S. The summed E-state index contributed by atoms with van der Waals surface area (Å²) in [5.74, 6) is -1.16. The number of thiol groups is 1. The molecule has 3 N–H and O–H groups in total. The van der Waals surface area contributed by atoms with E-state index in [1.54, 1.807) is 45.0 Å². The van der Waals surface area contributed by atoms with Crippen LogP contribution in [-0.2, 0) is 20.7 Å². The predicted octanol–water partition coefficient (Wildman–Crippen LogP) is 4.53. The van der Waals surface area contributed by atoms with Crippen LogP contribution in [0.5, 0.6) is 0 Å². The highest BCUT2D eigenvalue weighted by Crippen LogP contribution is 2.29. The molecule has 2 atom stereocenters. The average molecular weight is 550 g/mol. The maximum Gasteiger partial charge on any atom is 0.408 e. The van der Waals surface area contributed by atoms with Crippen molar-refractivity contribution in [2.45, 2.75) is 58.7 Å². The number of benzene rings is 2. The van der Waals surface area contributed by atoms with E-state index in [2.05, 4.69) is 23.3 Å². The number of nitrogens with zero attached hydrogens (tertiary/aromatic N) is 1. The van der Waals surface area contributed by atoms with E-state index in [0.29, 0.717) is 16.3 Å². The van der Waals surface area contributed by atoms with E-state index < -0.39 is 42.2 Å². The molecule has 2 aromatic carbocycles. The van der Waals surface area contributed by atoms with Crippen LogP contribution in [0.3, 0.4) is 0 Å². The molecule has 0 saturated carbocycles. The normalized spacial score (nSPS) is 12.9. The van der Waals surface area contributed by atoms with Gasteiger partial charge in [-0.1, -0.05) is 54.9 Å². The Morgan fingerprint density at radius 2 is 1.78 bits per heavy atom. The number of hydrogen-bond acceptors (Lipinski definition) is 6. The van der Waals surface area contributed by atoms with Gasteiger partial charge in [0.25, 0.3) is 5.91 Å². The van der Waals surface area contributed by atoms with Crippen LogP contribution in [0.15, 0.2) is 42.5 Å². The van der Waals surface area contributed by atoms with Gasteiger partial charge in [-0.25, -0.2) is 4.79 Å². The largest absolute Gasteiger partial charge is 0.444 e. The number of ether oxygens (including phenoxy) is 1. The third kappa shape index (κ3) is 8.66. The minimum atomic E-state index is -1.12. The van der Waals surface area contributed by atoms with E-state index in [1.807, 2.05) is 32.0 Å². The number of amides is 3. The number of aliphatic hydroxyl groups excluding tert-OH is 1. The quantitative estimate of drug-likeness (QED) is 0.326. The third-order valence-electron chi connectivity index (χ3n) is 5.53. The number of aliphatic hydroxyl groups is 1. The van der Waals surface area contributed by atoms with Gasteiger partial charge in [0.1, 0.15) is 17.7 Å². The fourth-order valence-corrected chi connectivity index (χ4v) is 4.22. The van der Waals surface area contributed by atoms with Gasteiger partial charge in [0.15, 0.2) is 0 Å². The topological polar surface area (TPSA) is 108 Å². The van der Waals surface area contributed by atoms with Crippen LogP contribution in [-0.4, -0.2) is 58.5 Å². The van der Waals surface area contributed by atoms with E-state index in [-0.39, 0.29) is 12.3 Å². The lowest BCUT2D eigenvalue weighted by atomic mass is 10.0. The lowest BCUT2D eigenvalue weighted by molar-refractivity contribution is -0.140. The molecule has 0 aliphatic heterocycles. The number of carbonyl (C=O) groups is 3. The first-order valence-corrected chi connectivity index (χ1v) is 13.1. The predicted molar refractivity (Wildman–Crippen MR) is 149 cm³/mol. The molecule has 3 amide bonds. The fourth-order valence-electron chi connectivity index (χ4n) is 3.70. The van der Waals surface area contributed by atoms with Gasteiger partial charge in [-0.3, -0.25) is 9.59 Å². The Labute approximate surface area is 229 Å². The Balaban J connectivity index is 2.49. The van der Waals surface area contributed by atoms with Crippen molar-refractivity contribution in [1.82, 2.24) is 10.2 Å². The minimum Gasteiger partial charge on any atom is -0.444 e. The lowest BCUT2D eigenvalue weighted by Gasteiger charge is -2.34. The SMILES string of the molecule is CCc1ccc(C(C(=O)Nc2c(C)cccc2Cl)N(CCO)C(=O)C(CS)NC(=O)OC(C)(C)C)cc1. The van der Waals surface area contributed by atoms with Crippen molar-refractivity contribution < 1.29 is 24.2 Å². The van der Waals surface area contributed by atoms with E-state index in [0.717, 1.165) is 17.5 Å². The second-order valence-corrected chi connectivity index (χ2v) is 10.3. The highest BCUT2D eigenvalue weighted by atomic mass is 35.5. The summed E-state index contributed by atoms with van der Waals surface area (Å²) < 4.78 is 5.29. The van der Waals surface area contributed by atoms with Crippen LogP contribution >= 0.6 is 24.2 Å². The standard InChI is InChI=1S/C27H36ClN3O5S/c1-6-18-10-12-19(13-11-18)23(24(33)30-22-17(2)8-7-9-20(22)28)31(14-15-32)25(34)21(16-37)29-26(35)36-27(3,4)5/h7-13,21,23,32,37H,6,14-16H2,1-5H3,(H,29,35)(H,30,33). The smallest absolute Gasteiger partial charge is 0.408 e. The molecule has 2 rings (SSSR count). The molecule has 2 aromatic rings. The first-order chi connectivity index (χ1) is 17.4. The maximum absolute atomic E-state index is 13.7. The average Bonchev–Trinajstić information content (AvgIpc) is 2.83. The summed E-state index contributed by atoms with van der Waals surface area (Å²) in [6.07, 6.45) is 0.0143. The third-order valence-corrected chi connectivity index (χ3v) is 6.21. The molecule has 2 unspecified atom stereocenters. The van der Waals surface area contributed by atoms with Crippen LogP contribution in [0, 0.1) is 6.92 Å². The number of hydrogen-bond donors (Lipinski definition) is 4. The molecular weight excluding hydrogens is 514 g/mol. The molecule has 10 heteroatoms. The molecule has 0 aliphatic carbocycles. The minimum absolute atomic E-state index is 0.0489. The highest BCUT2D eigenvalue weighted by molar-refractivity contribution is 7.80. The number of para-hydroxylation sites is 1. The summed E-state index contributed by atoms with van der Waals surface area (Å²) in [6, 6.07) is 10.3. The molecule has 0 bridgehead atoms. The summed E-state index contributed by atoms with van der Waals surface area (Å²) >= 11 is 10.6. The summed E-state index contributed by atoms with van der Waals surface area (Å²) in [7, 11) is 0. The summed E-state index contributed by atoms with van der Waals surface area (Å²) in [4.78, 5) is 41.0. The number of carbonyl (C=O) groups excluding carboxylic acids is 3. The second kappa shape index (κ2) is 13.7. The molecule has 0 aromatic heterocycles. The Morgan fingerprint density at radius 1 is 1.14 bits per heavy atom. The van der Waals surface area contributed by atoms with E-state index in [4.69, 9.17) is 16.3 Å². The number of alkyl carbamates (subject to hydrolysis) is 1. The van der Waals surface area contributed by atoms with Crippen molar-refractivity contribution in [3.05, 3.63) is 64.2 Å². The molecule has 37 heavy (non-hydrogen) atoms. The van der Waals surface area contributed by atoms with Gasteiger partial charge in [0.05, 0.1) is 17.3 Å². The number of rotatable bonds is 10. The van der Waals surface area contributed by atoms with Gasteiger partial charge >= 0.3 is 6.09 Å². The second-order valence-electron chi connectivity index (χ2n) is 9.56. The van der Waals surface area contributed by atoms with Gasteiger partial charge < -0.3 is 25.4 Å². The number of halogens is 1. The first kappa shape index (κ1) is 30.5. The molecule has 202 valence electrons. The summed E-state index contributed by atoms with van der Waals surface area (Å²) in [5.41, 5.74) is 2.01. The summed E-state index contributed by atoms with van der Waals surface area (Å²) in [5, 5.41) is 15.6. The van der Waals surface area contributed by atoms with Crippen LogP contribution in [0.25, 0.3) is 0 Å². The fraction of sp³-hybridized carbons (Fsp3) is 0.444. The van der Waals surface area contributed by atoms with Crippen molar-refractivity contribution in [2.24, 2.45) is 0 Å². The molecule has 0 spiro atoms. The zero-order chi connectivity index (χ0) is 27.8. The monoisotopic (exact) mass is 549 g/mol. The van der Waals surface area contributed by atoms with Crippen molar-refractivity contribution in [2.75, 3.05) is 24.2 Å². The van der Waals surface area contributed by atoms with Crippen LogP contribution < -0.4 is 10.6 Å². The van der Waals surface area contributed by atoms with E-state index in [1.165, 1.54) is 4.90 Å². The molecule has 0 fully saturated rings. The molecule has 0 aliphatic rings. The zero-order valence-corrected chi connectivity index (χ0v) is 23.5. The Bertz CT molecular complexity index is 1070. The van der Waals surface area contributed by atoms with Gasteiger partial charge in [0.2, 0.25) is 5.91 Å². The Morgan fingerprint density at radius 3 is 2.30 bits per heavy atom. The lowest BCUT2D eigenvalue weighted by Crippen LogP contribution is -2.53. The van der Waals surface area contributed by atoms with Crippen molar-refractivity contribution in [3.8, 4) is 0 Å².